The van der Waals surface area contributed by atoms with Gasteiger partial charge < -0.3 is 15.1 Å². The molecule has 10 heteroatoms. The lowest BCUT2D eigenvalue weighted by molar-refractivity contribution is -0.137. The van der Waals surface area contributed by atoms with E-state index in [2.05, 4.69) is 23.2 Å². The maximum Gasteiger partial charge on any atom is 0.416 e. The van der Waals surface area contributed by atoms with Crippen LogP contribution in [0.25, 0.3) is 31.4 Å². The maximum atomic E-state index is 14.4. The van der Waals surface area contributed by atoms with Gasteiger partial charge in [-0.1, -0.05) is 29.8 Å². The summed E-state index contributed by atoms with van der Waals surface area (Å²) in [7, 11) is 0. The number of amides is 1. The summed E-state index contributed by atoms with van der Waals surface area (Å²) in [5.74, 6) is 0.496. The van der Waals surface area contributed by atoms with Gasteiger partial charge in [-0.25, -0.2) is 4.98 Å². The molecule has 2 aromatic heterocycles. The molecule has 0 spiro atoms. The molecule has 5 aromatic rings. The van der Waals surface area contributed by atoms with Gasteiger partial charge >= 0.3 is 6.18 Å². The fourth-order valence-electron chi connectivity index (χ4n) is 6.82. The van der Waals surface area contributed by atoms with Gasteiger partial charge in [0.25, 0.3) is 5.91 Å². The molecule has 0 unspecified atom stereocenters. The number of anilines is 1. The highest BCUT2D eigenvalue weighted by atomic mass is 35.5. The molecule has 1 atom stereocenters. The van der Waals surface area contributed by atoms with Gasteiger partial charge in [0, 0.05) is 45.7 Å². The number of hydrogen-bond donors (Lipinski definition) is 1. The van der Waals surface area contributed by atoms with Crippen molar-refractivity contribution in [2.45, 2.75) is 51.4 Å². The minimum absolute atomic E-state index is 0.0105. The van der Waals surface area contributed by atoms with Crippen molar-refractivity contribution < 1.29 is 18.0 Å². The maximum absolute atomic E-state index is 14.4. The summed E-state index contributed by atoms with van der Waals surface area (Å²) >= 11 is 8.01. The van der Waals surface area contributed by atoms with Crippen LogP contribution in [0.1, 0.15) is 52.7 Å². The van der Waals surface area contributed by atoms with Crippen LogP contribution >= 0.6 is 22.9 Å². The molecule has 3 aromatic carbocycles. The van der Waals surface area contributed by atoms with E-state index in [-0.39, 0.29) is 18.5 Å². The number of pyridine rings is 1. The Morgan fingerprint density at radius 2 is 1.76 bits per heavy atom. The summed E-state index contributed by atoms with van der Waals surface area (Å²) in [5.41, 5.74) is 3.42. The second kappa shape index (κ2) is 12.5. The number of fused-ring (bicyclic) bond motifs is 2. The number of benzene rings is 3. The molecule has 1 amide bonds. The van der Waals surface area contributed by atoms with Crippen molar-refractivity contribution in [3.8, 4) is 10.4 Å². The highest BCUT2D eigenvalue weighted by Gasteiger charge is 2.33. The number of rotatable bonds is 7. The van der Waals surface area contributed by atoms with Crippen molar-refractivity contribution in [3.63, 3.8) is 0 Å². The van der Waals surface area contributed by atoms with Crippen molar-refractivity contribution in [2.75, 3.05) is 31.5 Å². The predicted octanol–water partition coefficient (Wildman–Crippen LogP) is 9.41. The third kappa shape index (κ3) is 6.20. The van der Waals surface area contributed by atoms with Gasteiger partial charge in [-0.05, 0) is 116 Å². The monoisotopic (exact) mass is 662 g/mol. The van der Waals surface area contributed by atoms with Crippen LogP contribution in [-0.4, -0.2) is 52.9 Å². The molecule has 238 valence electrons. The molecule has 2 aliphatic heterocycles. The number of halogens is 4. The van der Waals surface area contributed by atoms with Crippen LogP contribution in [0.5, 0.6) is 0 Å². The van der Waals surface area contributed by atoms with Crippen molar-refractivity contribution >= 4 is 55.7 Å². The Morgan fingerprint density at radius 1 is 0.978 bits per heavy atom. The normalized spacial score (nSPS) is 17.4. The number of aryl methyl sites for hydroxylation is 1. The number of thiophene rings is 1. The van der Waals surface area contributed by atoms with Crippen LogP contribution in [0.3, 0.4) is 0 Å². The minimum Gasteiger partial charge on any atom is -0.366 e. The molecule has 0 saturated carbocycles. The lowest BCUT2D eigenvalue weighted by Gasteiger charge is -2.29. The second-order valence-corrected chi connectivity index (χ2v) is 13.8. The Hall–Kier alpha value is -3.66. The third-order valence-electron chi connectivity index (χ3n) is 9.26. The van der Waals surface area contributed by atoms with Gasteiger partial charge in [0.1, 0.15) is 5.82 Å². The summed E-state index contributed by atoms with van der Waals surface area (Å²) in [6, 6.07) is 19.0. The summed E-state index contributed by atoms with van der Waals surface area (Å²) in [6.07, 6.45) is -0.0186. The van der Waals surface area contributed by atoms with E-state index in [1.54, 1.807) is 17.4 Å². The third-order valence-corrected chi connectivity index (χ3v) is 10.8. The zero-order valence-electron chi connectivity index (χ0n) is 25.5. The van der Waals surface area contributed by atoms with E-state index in [1.807, 2.05) is 35.2 Å². The Morgan fingerprint density at radius 3 is 2.52 bits per heavy atom. The largest absolute Gasteiger partial charge is 0.416 e. The van der Waals surface area contributed by atoms with Crippen molar-refractivity contribution in [1.82, 2.24) is 14.8 Å². The van der Waals surface area contributed by atoms with Crippen molar-refractivity contribution in [3.05, 3.63) is 94.0 Å². The smallest absolute Gasteiger partial charge is 0.366 e. The number of nitrogens with zero attached hydrogens (tertiary/aromatic N) is 3. The van der Waals surface area contributed by atoms with Crippen LogP contribution in [-0.2, 0) is 12.7 Å². The number of likely N-dealkylation sites (tertiary alicyclic amines) is 2. The fraction of sp³-hybridized carbons (Fsp3) is 0.333. The Balaban J connectivity index is 1.25. The molecule has 1 N–H and O–H groups in total. The van der Waals surface area contributed by atoms with Crippen LogP contribution in [0.15, 0.2) is 66.7 Å². The SMILES string of the molecule is Cc1c(-c2ccc3nc(NCc4ccc(C(F)(F)F)cc4)cc(C(=O)N4CCC[C@H]4CN4CCCC4)c3c2)sc2ccc(Cl)cc12. The molecule has 0 aliphatic carbocycles. The number of alkyl halides is 3. The Labute approximate surface area is 275 Å². The first kappa shape index (κ1) is 31.0. The Bertz CT molecular complexity index is 1920. The molecule has 7 rings (SSSR count). The molecule has 2 saturated heterocycles. The van der Waals surface area contributed by atoms with E-state index >= 15 is 0 Å². The zero-order valence-corrected chi connectivity index (χ0v) is 27.0. The first-order valence-electron chi connectivity index (χ1n) is 15.7. The van der Waals surface area contributed by atoms with Gasteiger partial charge in [0.05, 0.1) is 16.6 Å². The van der Waals surface area contributed by atoms with E-state index in [1.165, 1.54) is 25.0 Å². The lowest BCUT2D eigenvalue weighted by Crippen LogP contribution is -2.42. The van der Waals surface area contributed by atoms with Crippen molar-refractivity contribution in [2.24, 2.45) is 0 Å². The molecular formula is C36H34ClF3N4OS. The first-order chi connectivity index (χ1) is 22.1. The van der Waals surface area contributed by atoms with Crippen LogP contribution in [0, 0.1) is 6.92 Å². The van der Waals surface area contributed by atoms with Crippen LogP contribution in [0.2, 0.25) is 5.02 Å². The van der Waals surface area contributed by atoms with E-state index in [4.69, 9.17) is 16.6 Å². The average molecular weight is 663 g/mol. The molecule has 0 radical (unpaired) electrons. The summed E-state index contributed by atoms with van der Waals surface area (Å²) in [4.78, 5) is 24.9. The standard InChI is InChI=1S/C36H34ClF3N4OS/c1-22-28-18-26(37)11-13-32(28)46-34(22)24-8-12-31-29(17-24)30(35(45)44-16-4-5-27(44)21-43-14-2-3-15-43)19-33(42-31)41-20-23-6-9-25(10-7-23)36(38,39)40/h6-13,17-19,27H,2-5,14-16,20-21H2,1H3,(H,41,42)/t27-/m0/s1. The summed E-state index contributed by atoms with van der Waals surface area (Å²) < 4.78 is 40.4. The van der Waals surface area contributed by atoms with Gasteiger partial charge in [-0.15, -0.1) is 11.3 Å². The van der Waals surface area contributed by atoms with E-state index in [0.29, 0.717) is 34.0 Å². The number of carbonyl (C=O) groups excluding carboxylic acids is 1. The predicted molar refractivity (Wildman–Crippen MR) is 181 cm³/mol. The van der Waals surface area contributed by atoms with E-state index < -0.39 is 11.7 Å². The average Bonchev–Trinajstić information content (AvgIpc) is 3.80. The highest BCUT2D eigenvalue weighted by Crippen LogP contribution is 2.40. The lowest BCUT2D eigenvalue weighted by atomic mass is 10.0. The van der Waals surface area contributed by atoms with Gasteiger partial charge in [-0.3, -0.25) is 4.79 Å². The fourth-order valence-corrected chi connectivity index (χ4v) is 8.18. The molecule has 46 heavy (non-hydrogen) atoms. The topological polar surface area (TPSA) is 48.5 Å². The van der Waals surface area contributed by atoms with Gasteiger partial charge in [0.15, 0.2) is 0 Å². The second-order valence-electron chi connectivity index (χ2n) is 12.3. The number of carbonyl (C=O) groups is 1. The highest BCUT2D eigenvalue weighted by molar-refractivity contribution is 7.22. The Kier molecular flexibility index (Phi) is 8.42. The molecule has 2 fully saturated rings. The molecule has 2 aliphatic rings. The number of nitrogens with one attached hydrogen (secondary N) is 1. The van der Waals surface area contributed by atoms with Crippen molar-refractivity contribution in [1.29, 1.82) is 0 Å². The minimum atomic E-state index is -4.39. The first-order valence-corrected chi connectivity index (χ1v) is 16.9. The summed E-state index contributed by atoms with van der Waals surface area (Å²) in [6.45, 7) is 6.14. The molecular weight excluding hydrogens is 629 g/mol. The van der Waals surface area contributed by atoms with E-state index in [0.717, 1.165) is 76.1 Å². The van der Waals surface area contributed by atoms with Crippen LogP contribution < -0.4 is 5.32 Å². The summed E-state index contributed by atoms with van der Waals surface area (Å²) in [5, 5.41) is 5.86. The quantitative estimate of drug-likeness (QED) is 0.189. The molecule has 5 nitrogen and oxygen atoms in total. The van der Waals surface area contributed by atoms with Gasteiger partial charge in [0.2, 0.25) is 0 Å². The number of hydrogen-bond acceptors (Lipinski definition) is 5. The number of aromatic nitrogens is 1. The van der Waals surface area contributed by atoms with Gasteiger partial charge in [-0.2, -0.15) is 13.2 Å². The molecule has 0 bridgehead atoms. The van der Waals surface area contributed by atoms with E-state index in [9.17, 15) is 18.0 Å². The zero-order chi connectivity index (χ0) is 32.0. The molecule has 4 heterocycles. The van der Waals surface area contributed by atoms with Crippen LogP contribution in [0.4, 0.5) is 19.0 Å².